The number of epoxide rings is 1. The molecule has 196 valence electrons. The van der Waals surface area contributed by atoms with Gasteiger partial charge in [0.2, 0.25) is 5.91 Å². The summed E-state index contributed by atoms with van der Waals surface area (Å²) in [6.07, 6.45) is 4.91. The second kappa shape index (κ2) is 9.93. The predicted octanol–water partition coefficient (Wildman–Crippen LogP) is 4.04. The molecule has 2 saturated heterocycles. The fourth-order valence-electron chi connectivity index (χ4n) is 5.31. The molecule has 0 aliphatic carbocycles. The number of halogens is 1. The lowest BCUT2D eigenvalue weighted by atomic mass is 9.78. The van der Waals surface area contributed by atoms with Crippen molar-refractivity contribution < 1.29 is 29.3 Å². The van der Waals surface area contributed by atoms with Gasteiger partial charge in [-0.05, 0) is 44.4 Å². The molecule has 0 radical (unpaired) electrons. The Morgan fingerprint density at radius 2 is 1.94 bits per heavy atom. The van der Waals surface area contributed by atoms with E-state index in [1.54, 1.807) is 14.0 Å². The molecule has 3 aliphatic rings. The van der Waals surface area contributed by atoms with Crippen LogP contribution in [-0.4, -0.2) is 58.7 Å². The highest BCUT2D eigenvalue weighted by Crippen LogP contribution is 2.46. The summed E-state index contributed by atoms with van der Waals surface area (Å²) in [7, 11) is 1.66. The van der Waals surface area contributed by atoms with Gasteiger partial charge in [-0.15, -0.1) is 0 Å². The molecule has 6 atom stereocenters. The lowest BCUT2D eigenvalue weighted by Crippen LogP contribution is -2.48. The van der Waals surface area contributed by atoms with Crippen LogP contribution in [0.1, 0.15) is 57.6 Å². The number of rotatable bonds is 0. The molecule has 1 aromatic carbocycles. The first-order chi connectivity index (χ1) is 16.8. The van der Waals surface area contributed by atoms with Crippen LogP contribution in [0.3, 0.4) is 0 Å². The Morgan fingerprint density at radius 1 is 1.22 bits per heavy atom. The smallest absolute Gasteiger partial charge is 0.309 e. The van der Waals surface area contributed by atoms with Crippen molar-refractivity contribution in [2.75, 3.05) is 11.9 Å². The third-order valence-corrected chi connectivity index (χ3v) is 8.45. The van der Waals surface area contributed by atoms with E-state index in [2.05, 4.69) is 0 Å². The first kappa shape index (κ1) is 26.9. The maximum atomic E-state index is 13.1. The van der Waals surface area contributed by atoms with Crippen LogP contribution < -0.4 is 4.90 Å². The number of aliphatic hydroxyl groups is 2. The average molecular weight is 518 g/mol. The molecule has 0 spiro atoms. The Kier molecular flexibility index (Phi) is 7.41. The van der Waals surface area contributed by atoms with Gasteiger partial charge in [-0.1, -0.05) is 48.4 Å². The molecule has 1 aromatic rings. The topological polar surface area (TPSA) is 99.6 Å². The lowest BCUT2D eigenvalue weighted by molar-refractivity contribution is -0.174. The number of fused-ring (bicyclic) bond motifs is 5. The summed E-state index contributed by atoms with van der Waals surface area (Å²) in [6, 6.07) is 3.91. The van der Waals surface area contributed by atoms with Crippen molar-refractivity contribution in [3.8, 4) is 0 Å². The van der Waals surface area contributed by atoms with Gasteiger partial charge in [0.25, 0.3) is 0 Å². The molecule has 0 saturated carbocycles. The van der Waals surface area contributed by atoms with E-state index in [0.717, 1.165) is 16.7 Å². The average Bonchev–Trinajstić information content (AvgIpc) is 3.44. The molecular formula is C28H36ClNO6. The Labute approximate surface area is 217 Å². The van der Waals surface area contributed by atoms with Gasteiger partial charge in [-0.3, -0.25) is 9.59 Å². The fourth-order valence-corrected chi connectivity index (χ4v) is 5.54. The number of allylic oxidation sites excluding steroid dienone is 3. The van der Waals surface area contributed by atoms with Crippen LogP contribution in [0.5, 0.6) is 0 Å². The van der Waals surface area contributed by atoms with Gasteiger partial charge < -0.3 is 24.6 Å². The van der Waals surface area contributed by atoms with E-state index in [9.17, 15) is 19.8 Å². The van der Waals surface area contributed by atoms with Crippen molar-refractivity contribution >= 4 is 29.2 Å². The monoisotopic (exact) mass is 517 g/mol. The third kappa shape index (κ3) is 5.40. The van der Waals surface area contributed by atoms with Gasteiger partial charge >= 0.3 is 5.97 Å². The van der Waals surface area contributed by atoms with Crippen LogP contribution in [0.15, 0.2) is 35.9 Å². The molecule has 3 heterocycles. The summed E-state index contributed by atoms with van der Waals surface area (Å²) in [4.78, 5) is 27.0. The molecule has 0 aromatic heterocycles. The Bertz CT molecular complexity index is 1120. The number of anilines is 1. The highest BCUT2D eigenvalue weighted by molar-refractivity contribution is 6.34. The van der Waals surface area contributed by atoms with E-state index >= 15 is 0 Å². The third-order valence-electron chi connectivity index (χ3n) is 7.96. The number of esters is 1. The molecule has 1 amide bonds. The van der Waals surface area contributed by atoms with E-state index in [-0.39, 0.29) is 31.1 Å². The summed E-state index contributed by atoms with van der Waals surface area (Å²) in [5.74, 6) is -0.999. The number of carbonyl (C=O) groups excluding carboxylic acids is 2. The molecule has 2 N–H and O–H groups in total. The maximum Gasteiger partial charge on any atom is 0.309 e. The van der Waals surface area contributed by atoms with Crippen LogP contribution in [0.25, 0.3) is 0 Å². The number of benzene rings is 1. The molecule has 3 aliphatic heterocycles. The summed E-state index contributed by atoms with van der Waals surface area (Å²) in [5.41, 5.74) is 1.39. The highest BCUT2D eigenvalue weighted by Gasteiger charge is 2.59. The molecular weight excluding hydrogens is 482 g/mol. The van der Waals surface area contributed by atoms with Gasteiger partial charge in [0, 0.05) is 25.8 Å². The second-order valence-electron chi connectivity index (χ2n) is 10.9. The predicted molar refractivity (Wildman–Crippen MR) is 138 cm³/mol. The summed E-state index contributed by atoms with van der Waals surface area (Å²) in [5, 5.41) is 22.8. The van der Waals surface area contributed by atoms with Gasteiger partial charge in [-0.2, -0.15) is 0 Å². The zero-order valence-electron chi connectivity index (χ0n) is 21.6. The molecule has 4 rings (SSSR count). The zero-order chi connectivity index (χ0) is 26.4. The lowest BCUT2D eigenvalue weighted by Gasteiger charge is -2.39. The molecule has 7 nitrogen and oxygen atoms in total. The van der Waals surface area contributed by atoms with E-state index < -0.39 is 35.5 Å². The fraction of sp³-hybridized carbons (Fsp3) is 0.571. The summed E-state index contributed by atoms with van der Waals surface area (Å²) < 4.78 is 11.4. The van der Waals surface area contributed by atoms with Crippen molar-refractivity contribution in [2.45, 2.75) is 89.3 Å². The zero-order valence-corrected chi connectivity index (χ0v) is 22.3. The number of hydrogen-bond donors (Lipinski definition) is 2. The quantitative estimate of drug-likeness (QED) is 0.398. The molecule has 2 fully saturated rings. The van der Waals surface area contributed by atoms with Crippen molar-refractivity contribution in [3.05, 3.63) is 52.1 Å². The number of aliphatic hydroxyl groups excluding tert-OH is 1. The van der Waals surface area contributed by atoms with Crippen molar-refractivity contribution in [2.24, 2.45) is 5.92 Å². The number of ether oxygens (including phenoxy) is 2. The molecule has 8 heteroatoms. The second-order valence-corrected chi connectivity index (χ2v) is 11.3. The van der Waals surface area contributed by atoms with Gasteiger partial charge in [0.15, 0.2) is 0 Å². The first-order valence-corrected chi connectivity index (χ1v) is 12.9. The number of aryl methyl sites for hydroxylation is 1. The minimum absolute atomic E-state index is 0.0726. The molecule has 36 heavy (non-hydrogen) atoms. The number of amides is 1. The summed E-state index contributed by atoms with van der Waals surface area (Å²) >= 11 is 6.57. The van der Waals surface area contributed by atoms with Gasteiger partial charge in [0.1, 0.15) is 11.7 Å². The van der Waals surface area contributed by atoms with E-state index in [4.69, 9.17) is 21.1 Å². The SMILES string of the molecule is C/C1=C\C=C\C(C)[C@]2(O)CC(=O)O[C@H](CC3OC3(C)C(O)CC(=O)N(C)c3cc(cc(C)c3Cl)C1)C2. The standard InChI is InChI=1S/C28H36ClNO6/c1-16-7-6-8-18(3)28(34)14-20(35-25(33)15-28)12-23-27(4,36-23)22(31)13-24(32)30(5)21-11-19(9-16)10-17(2)26(21)29/h6-8,10-11,18,20,22-23,31,34H,9,12-15H2,1-5H3/b8-6+,16-7+/t18?,20-,22?,23?,27?,28-/m1/s1. The summed E-state index contributed by atoms with van der Waals surface area (Å²) in [6.45, 7) is 7.58. The van der Waals surface area contributed by atoms with Gasteiger partial charge in [-0.25, -0.2) is 0 Å². The molecule has 4 bridgehead atoms. The Morgan fingerprint density at radius 3 is 2.67 bits per heavy atom. The van der Waals surface area contributed by atoms with E-state index in [0.29, 0.717) is 23.6 Å². The largest absolute Gasteiger partial charge is 0.462 e. The molecule has 4 unspecified atom stereocenters. The Hall–Kier alpha value is -2.19. The number of nitrogens with zero attached hydrogens (tertiary/aromatic N) is 1. The van der Waals surface area contributed by atoms with Crippen LogP contribution in [0.4, 0.5) is 5.69 Å². The van der Waals surface area contributed by atoms with Crippen molar-refractivity contribution in [1.29, 1.82) is 0 Å². The van der Waals surface area contributed by atoms with Crippen LogP contribution in [-0.2, 0) is 25.5 Å². The van der Waals surface area contributed by atoms with Crippen molar-refractivity contribution in [1.82, 2.24) is 0 Å². The first-order valence-electron chi connectivity index (χ1n) is 12.5. The van der Waals surface area contributed by atoms with Crippen molar-refractivity contribution in [3.63, 3.8) is 0 Å². The van der Waals surface area contributed by atoms with Crippen LogP contribution in [0, 0.1) is 12.8 Å². The maximum absolute atomic E-state index is 13.1. The minimum Gasteiger partial charge on any atom is -0.462 e. The minimum atomic E-state index is -1.23. The van der Waals surface area contributed by atoms with Crippen LogP contribution in [0.2, 0.25) is 5.02 Å². The van der Waals surface area contributed by atoms with E-state index in [1.807, 2.05) is 51.1 Å². The normalized spacial score (nSPS) is 38.0. The number of carbonyl (C=O) groups is 2. The number of hydrogen-bond acceptors (Lipinski definition) is 6. The van der Waals surface area contributed by atoms with Gasteiger partial charge in [0.05, 0.1) is 41.4 Å². The van der Waals surface area contributed by atoms with Crippen LogP contribution >= 0.6 is 11.6 Å². The van der Waals surface area contributed by atoms with E-state index in [1.165, 1.54) is 4.90 Å². The Balaban J connectivity index is 1.68. The highest BCUT2D eigenvalue weighted by atomic mass is 35.5.